The molecule has 0 spiro atoms. The van der Waals surface area contributed by atoms with Crippen molar-refractivity contribution in [3.8, 4) is 0 Å². The number of hydrogen-bond acceptors (Lipinski definition) is 3. The number of aryl methyl sites for hydroxylation is 1. The number of aromatic nitrogens is 2. The number of benzene rings is 1. The molecule has 2 rings (SSSR count). The van der Waals surface area contributed by atoms with Gasteiger partial charge in [0, 0.05) is 23.8 Å². The minimum Gasteiger partial charge on any atom is -0.305 e. The van der Waals surface area contributed by atoms with Crippen molar-refractivity contribution in [2.45, 2.75) is 26.4 Å². The molecule has 3 nitrogen and oxygen atoms in total. The van der Waals surface area contributed by atoms with Crippen molar-refractivity contribution in [2.75, 3.05) is 0 Å². The van der Waals surface area contributed by atoms with Crippen LogP contribution in [0, 0.1) is 6.92 Å². The molecule has 2 aromatic rings. The molecule has 1 heterocycles. The summed E-state index contributed by atoms with van der Waals surface area (Å²) in [6.07, 6.45) is 1.78. The van der Waals surface area contributed by atoms with Crippen molar-refractivity contribution >= 4 is 11.6 Å². The lowest BCUT2D eigenvalue weighted by Gasteiger charge is -2.15. The molecule has 0 radical (unpaired) electrons. The van der Waals surface area contributed by atoms with Gasteiger partial charge in [-0.3, -0.25) is 0 Å². The highest BCUT2D eigenvalue weighted by molar-refractivity contribution is 6.31. The Hall–Kier alpha value is -1.45. The van der Waals surface area contributed by atoms with Gasteiger partial charge in [-0.2, -0.15) is 0 Å². The maximum Gasteiger partial charge on any atom is 0.125 e. The first kappa shape index (κ1) is 13.0. The third kappa shape index (κ3) is 3.28. The molecule has 0 fully saturated rings. The smallest absolute Gasteiger partial charge is 0.125 e. The van der Waals surface area contributed by atoms with E-state index in [0.29, 0.717) is 6.54 Å². The Morgan fingerprint density at radius 2 is 2.06 bits per heavy atom. The molecule has 1 aromatic heterocycles. The molecule has 94 valence electrons. The van der Waals surface area contributed by atoms with Crippen LogP contribution in [0.4, 0.5) is 0 Å². The van der Waals surface area contributed by atoms with Crippen molar-refractivity contribution < 1.29 is 0 Å². The van der Waals surface area contributed by atoms with Crippen LogP contribution < -0.4 is 5.32 Å². The van der Waals surface area contributed by atoms with Crippen LogP contribution in [-0.4, -0.2) is 9.97 Å². The molecular formula is C14H16ClN3. The van der Waals surface area contributed by atoms with E-state index in [1.165, 1.54) is 0 Å². The lowest BCUT2D eigenvalue weighted by Crippen LogP contribution is -2.19. The van der Waals surface area contributed by atoms with Gasteiger partial charge in [0.1, 0.15) is 5.82 Å². The first-order chi connectivity index (χ1) is 8.66. The molecule has 1 aromatic carbocycles. The zero-order valence-corrected chi connectivity index (χ0v) is 11.3. The van der Waals surface area contributed by atoms with Gasteiger partial charge in [-0.05, 0) is 31.5 Å². The zero-order valence-electron chi connectivity index (χ0n) is 10.5. The molecular weight excluding hydrogens is 246 g/mol. The fourth-order valence-corrected chi connectivity index (χ4v) is 2.10. The van der Waals surface area contributed by atoms with Gasteiger partial charge in [-0.15, -0.1) is 0 Å². The SMILES string of the molecule is Cc1nccc(CN[C@@H](C)c2ccccc2Cl)n1. The van der Waals surface area contributed by atoms with Crippen LogP contribution in [0.2, 0.25) is 5.02 Å². The predicted octanol–water partition coefficient (Wildman–Crippen LogP) is 3.29. The van der Waals surface area contributed by atoms with Crippen molar-refractivity contribution in [3.63, 3.8) is 0 Å². The first-order valence-electron chi connectivity index (χ1n) is 5.93. The van der Waals surface area contributed by atoms with Crippen molar-refractivity contribution in [3.05, 3.63) is 58.6 Å². The average Bonchev–Trinajstić information content (AvgIpc) is 2.37. The standard InChI is InChI=1S/C14H16ClN3/c1-10(13-5-3-4-6-14(13)15)17-9-12-7-8-16-11(2)18-12/h3-8,10,17H,9H2,1-2H3/t10-/m0/s1. The van der Waals surface area contributed by atoms with Gasteiger partial charge in [-0.1, -0.05) is 29.8 Å². The minimum absolute atomic E-state index is 0.189. The third-order valence-electron chi connectivity index (χ3n) is 2.79. The van der Waals surface area contributed by atoms with Crippen LogP contribution in [0.1, 0.15) is 30.0 Å². The van der Waals surface area contributed by atoms with E-state index in [4.69, 9.17) is 11.6 Å². The lowest BCUT2D eigenvalue weighted by atomic mass is 10.1. The summed E-state index contributed by atoms with van der Waals surface area (Å²) in [4.78, 5) is 8.43. The van der Waals surface area contributed by atoms with E-state index in [1.54, 1.807) is 6.20 Å². The van der Waals surface area contributed by atoms with Gasteiger partial charge in [0.2, 0.25) is 0 Å². The van der Waals surface area contributed by atoms with E-state index in [-0.39, 0.29) is 6.04 Å². The molecule has 0 bridgehead atoms. The largest absolute Gasteiger partial charge is 0.305 e. The van der Waals surface area contributed by atoms with Gasteiger partial charge < -0.3 is 5.32 Å². The number of halogens is 1. The predicted molar refractivity (Wildman–Crippen MR) is 73.5 cm³/mol. The normalized spacial score (nSPS) is 12.4. The third-order valence-corrected chi connectivity index (χ3v) is 3.14. The second-order valence-corrected chi connectivity index (χ2v) is 4.63. The molecule has 1 atom stereocenters. The summed E-state index contributed by atoms with van der Waals surface area (Å²) in [6.45, 7) is 4.69. The van der Waals surface area contributed by atoms with Gasteiger partial charge in [0.05, 0.1) is 5.69 Å². The molecule has 18 heavy (non-hydrogen) atoms. The topological polar surface area (TPSA) is 37.8 Å². The second-order valence-electron chi connectivity index (χ2n) is 4.22. The Labute approximate surface area is 112 Å². The molecule has 0 saturated heterocycles. The zero-order chi connectivity index (χ0) is 13.0. The van der Waals surface area contributed by atoms with Crippen LogP contribution >= 0.6 is 11.6 Å². The minimum atomic E-state index is 0.189. The Morgan fingerprint density at radius 1 is 1.28 bits per heavy atom. The van der Waals surface area contributed by atoms with E-state index in [2.05, 4.69) is 22.2 Å². The van der Waals surface area contributed by atoms with Gasteiger partial charge in [-0.25, -0.2) is 9.97 Å². The summed E-state index contributed by atoms with van der Waals surface area (Å²) in [5.41, 5.74) is 2.09. The van der Waals surface area contributed by atoms with E-state index in [1.807, 2.05) is 37.3 Å². The summed E-state index contributed by atoms with van der Waals surface area (Å²) in [7, 11) is 0. The Kier molecular flexibility index (Phi) is 4.28. The number of nitrogens with one attached hydrogen (secondary N) is 1. The highest BCUT2D eigenvalue weighted by Gasteiger charge is 2.08. The lowest BCUT2D eigenvalue weighted by molar-refractivity contribution is 0.566. The van der Waals surface area contributed by atoms with E-state index in [9.17, 15) is 0 Å². The van der Waals surface area contributed by atoms with Crippen LogP contribution in [0.15, 0.2) is 36.5 Å². The highest BCUT2D eigenvalue weighted by Crippen LogP contribution is 2.22. The molecule has 0 unspecified atom stereocenters. The Morgan fingerprint density at radius 3 is 2.78 bits per heavy atom. The number of rotatable bonds is 4. The Bertz CT molecular complexity index is 528. The van der Waals surface area contributed by atoms with Crippen LogP contribution in [0.25, 0.3) is 0 Å². The number of hydrogen-bond donors (Lipinski definition) is 1. The average molecular weight is 262 g/mol. The quantitative estimate of drug-likeness (QED) is 0.918. The number of nitrogens with zero attached hydrogens (tertiary/aromatic N) is 2. The second kappa shape index (κ2) is 5.94. The van der Waals surface area contributed by atoms with Crippen LogP contribution in [-0.2, 0) is 6.54 Å². The maximum absolute atomic E-state index is 6.16. The van der Waals surface area contributed by atoms with Crippen molar-refractivity contribution in [1.82, 2.24) is 15.3 Å². The van der Waals surface area contributed by atoms with Crippen LogP contribution in [0.5, 0.6) is 0 Å². The van der Waals surface area contributed by atoms with Gasteiger partial charge in [0.15, 0.2) is 0 Å². The fourth-order valence-electron chi connectivity index (χ4n) is 1.80. The van der Waals surface area contributed by atoms with E-state index >= 15 is 0 Å². The maximum atomic E-state index is 6.16. The van der Waals surface area contributed by atoms with Crippen LogP contribution in [0.3, 0.4) is 0 Å². The summed E-state index contributed by atoms with van der Waals surface area (Å²) in [5, 5.41) is 4.20. The van der Waals surface area contributed by atoms with Crippen molar-refractivity contribution in [2.24, 2.45) is 0 Å². The molecule has 0 amide bonds. The monoisotopic (exact) mass is 261 g/mol. The van der Waals surface area contributed by atoms with E-state index in [0.717, 1.165) is 22.1 Å². The summed E-state index contributed by atoms with van der Waals surface area (Å²) < 4.78 is 0. The highest BCUT2D eigenvalue weighted by atomic mass is 35.5. The molecule has 4 heteroatoms. The fraction of sp³-hybridized carbons (Fsp3) is 0.286. The van der Waals surface area contributed by atoms with E-state index < -0.39 is 0 Å². The Balaban J connectivity index is 2.00. The van der Waals surface area contributed by atoms with Gasteiger partial charge >= 0.3 is 0 Å². The molecule has 0 aliphatic heterocycles. The van der Waals surface area contributed by atoms with Crippen molar-refractivity contribution in [1.29, 1.82) is 0 Å². The summed E-state index contributed by atoms with van der Waals surface area (Å²) >= 11 is 6.16. The first-order valence-corrected chi connectivity index (χ1v) is 6.31. The molecule has 0 aliphatic rings. The summed E-state index contributed by atoms with van der Waals surface area (Å²) in [6, 6.07) is 9.98. The molecule has 0 saturated carbocycles. The molecule has 0 aliphatic carbocycles. The molecule has 1 N–H and O–H groups in total. The van der Waals surface area contributed by atoms with Gasteiger partial charge in [0.25, 0.3) is 0 Å². The summed E-state index contributed by atoms with van der Waals surface area (Å²) in [5.74, 6) is 0.791.